The second kappa shape index (κ2) is 9.76. The molecule has 1 aromatic carbocycles. The van der Waals surface area contributed by atoms with Crippen LogP contribution in [0.2, 0.25) is 0 Å². The van der Waals surface area contributed by atoms with E-state index in [1.54, 1.807) is 0 Å². The number of amides is 3. The Bertz CT molecular complexity index is 1200. The number of nitrogens with one attached hydrogen (secondary N) is 1. The summed E-state index contributed by atoms with van der Waals surface area (Å²) in [5.41, 5.74) is 3.47. The molecule has 8 nitrogen and oxygen atoms in total. The van der Waals surface area contributed by atoms with Gasteiger partial charge in [0.1, 0.15) is 0 Å². The zero-order chi connectivity index (χ0) is 25.6. The third-order valence-electron chi connectivity index (χ3n) is 9.72. The van der Waals surface area contributed by atoms with Crippen LogP contribution in [-0.4, -0.2) is 58.6 Å². The molecule has 6 rings (SSSR count). The first-order chi connectivity index (χ1) is 17.9. The van der Waals surface area contributed by atoms with E-state index in [0.29, 0.717) is 36.5 Å². The molecule has 1 spiro atoms. The van der Waals surface area contributed by atoms with Crippen molar-refractivity contribution in [3.63, 3.8) is 0 Å². The van der Waals surface area contributed by atoms with Crippen molar-refractivity contribution in [3.8, 4) is 0 Å². The fourth-order valence-corrected chi connectivity index (χ4v) is 7.31. The number of imide groups is 1. The number of hydrogen-bond acceptors (Lipinski definition) is 5. The largest absolute Gasteiger partial charge is 0.371 e. The third kappa shape index (κ3) is 4.75. The van der Waals surface area contributed by atoms with Crippen LogP contribution in [0.5, 0.6) is 0 Å². The Morgan fingerprint density at radius 3 is 2.46 bits per heavy atom. The van der Waals surface area contributed by atoms with Crippen molar-refractivity contribution in [1.29, 1.82) is 0 Å². The minimum atomic E-state index is -0.385. The van der Waals surface area contributed by atoms with Gasteiger partial charge in [-0.1, -0.05) is 12.8 Å². The summed E-state index contributed by atoms with van der Waals surface area (Å²) in [6.07, 6.45) is 11.5. The number of nitrogens with zero attached hydrogens (tertiary/aromatic N) is 4. The standard InChI is InChI=1S/C29H39N5O3/c1-32-24-19-21(4-5-22(24)27(31-32)23-6-7-25(35)30-28(23)37)33-14-8-20(9-15-33)18-26(36)34-16-12-29(13-17-34)10-2-3-11-29/h4-5,19-20,23H,2-3,6-18H2,1H3,(H,30,35,37). The Kier molecular flexibility index (Phi) is 6.45. The maximum atomic E-state index is 13.0. The van der Waals surface area contributed by atoms with Crippen LogP contribution < -0.4 is 10.2 Å². The summed E-state index contributed by atoms with van der Waals surface area (Å²) in [7, 11) is 1.91. The topological polar surface area (TPSA) is 87.5 Å². The second-order valence-electron chi connectivity index (χ2n) is 11.9. The number of aryl methyl sites for hydroxylation is 1. The first-order valence-electron chi connectivity index (χ1n) is 14.2. The molecule has 0 radical (unpaired) electrons. The van der Waals surface area contributed by atoms with E-state index >= 15 is 0 Å². The van der Waals surface area contributed by atoms with Crippen LogP contribution in [0.15, 0.2) is 18.2 Å². The molecule has 2 aromatic rings. The summed E-state index contributed by atoms with van der Waals surface area (Å²) in [4.78, 5) is 41.6. The van der Waals surface area contributed by atoms with Crippen LogP contribution >= 0.6 is 0 Å². The van der Waals surface area contributed by atoms with Gasteiger partial charge >= 0.3 is 0 Å². The van der Waals surface area contributed by atoms with Crippen molar-refractivity contribution >= 4 is 34.3 Å². The Morgan fingerprint density at radius 1 is 1.03 bits per heavy atom. The molecule has 4 heterocycles. The predicted molar refractivity (Wildman–Crippen MR) is 142 cm³/mol. The van der Waals surface area contributed by atoms with Crippen LogP contribution in [0.3, 0.4) is 0 Å². The van der Waals surface area contributed by atoms with E-state index in [-0.39, 0.29) is 17.7 Å². The summed E-state index contributed by atoms with van der Waals surface area (Å²) < 4.78 is 1.84. The third-order valence-corrected chi connectivity index (χ3v) is 9.72. The minimum absolute atomic E-state index is 0.206. The summed E-state index contributed by atoms with van der Waals surface area (Å²) in [5, 5.41) is 8.10. The fraction of sp³-hybridized carbons (Fsp3) is 0.655. The molecule has 1 unspecified atom stereocenters. The van der Waals surface area contributed by atoms with Gasteiger partial charge in [-0.25, -0.2) is 0 Å². The number of carbonyl (C=O) groups is 3. The van der Waals surface area contributed by atoms with Crippen molar-refractivity contribution in [1.82, 2.24) is 20.0 Å². The van der Waals surface area contributed by atoms with Gasteiger partial charge in [0.25, 0.3) is 0 Å². The molecule has 1 aliphatic carbocycles. The molecule has 1 aromatic heterocycles. The first kappa shape index (κ1) is 24.4. The lowest BCUT2D eigenvalue weighted by atomic mass is 9.77. The van der Waals surface area contributed by atoms with Gasteiger partial charge in [-0.05, 0) is 74.5 Å². The molecule has 37 heavy (non-hydrogen) atoms. The Labute approximate surface area is 218 Å². The number of piperidine rings is 3. The highest BCUT2D eigenvalue weighted by Gasteiger charge is 2.38. The molecule has 3 saturated heterocycles. The normalized spacial score (nSPS) is 24.7. The maximum Gasteiger partial charge on any atom is 0.235 e. The Hall–Kier alpha value is -2.90. The summed E-state index contributed by atoms with van der Waals surface area (Å²) in [5.74, 6) is -0.0137. The van der Waals surface area contributed by atoms with Gasteiger partial charge < -0.3 is 9.80 Å². The van der Waals surface area contributed by atoms with Gasteiger partial charge in [0.05, 0.1) is 17.1 Å². The monoisotopic (exact) mass is 505 g/mol. The van der Waals surface area contributed by atoms with E-state index in [9.17, 15) is 14.4 Å². The van der Waals surface area contributed by atoms with Crippen LogP contribution in [0, 0.1) is 11.3 Å². The van der Waals surface area contributed by atoms with Crippen LogP contribution in [0.25, 0.3) is 10.9 Å². The van der Waals surface area contributed by atoms with E-state index < -0.39 is 0 Å². The highest BCUT2D eigenvalue weighted by atomic mass is 16.2. The summed E-state index contributed by atoms with van der Waals surface area (Å²) in [6, 6.07) is 6.35. The van der Waals surface area contributed by atoms with Gasteiger partial charge in [-0.15, -0.1) is 0 Å². The number of benzene rings is 1. The van der Waals surface area contributed by atoms with E-state index in [1.165, 1.54) is 38.5 Å². The Morgan fingerprint density at radius 2 is 1.76 bits per heavy atom. The van der Waals surface area contributed by atoms with Crippen LogP contribution in [0.4, 0.5) is 5.69 Å². The Balaban J connectivity index is 1.06. The molecule has 1 atom stereocenters. The van der Waals surface area contributed by atoms with E-state index in [4.69, 9.17) is 0 Å². The zero-order valence-electron chi connectivity index (χ0n) is 22.0. The van der Waals surface area contributed by atoms with Crippen molar-refractivity contribution in [2.75, 3.05) is 31.1 Å². The molecular weight excluding hydrogens is 466 g/mol. The van der Waals surface area contributed by atoms with Crippen molar-refractivity contribution in [3.05, 3.63) is 23.9 Å². The van der Waals surface area contributed by atoms with Crippen molar-refractivity contribution in [2.45, 2.75) is 76.5 Å². The second-order valence-corrected chi connectivity index (χ2v) is 11.9. The summed E-state index contributed by atoms with van der Waals surface area (Å²) >= 11 is 0. The summed E-state index contributed by atoms with van der Waals surface area (Å²) in [6.45, 7) is 3.82. The maximum absolute atomic E-state index is 13.0. The molecule has 8 heteroatoms. The molecule has 3 amide bonds. The van der Waals surface area contributed by atoms with Gasteiger partial charge in [0, 0.05) is 57.1 Å². The molecule has 0 bridgehead atoms. The van der Waals surface area contributed by atoms with Crippen molar-refractivity contribution < 1.29 is 14.4 Å². The number of anilines is 1. The molecule has 3 aliphatic heterocycles. The smallest absolute Gasteiger partial charge is 0.235 e. The molecule has 4 fully saturated rings. The van der Waals surface area contributed by atoms with E-state index in [1.807, 2.05) is 11.7 Å². The quantitative estimate of drug-likeness (QED) is 0.637. The number of aromatic nitrogens is 2. The van der Waals surface area contributed by atoms with Crippen molar-refractivity contribution in [2.24, 2.45) is 18.4 Å². The number of hydrogen-bond donors (Lipinski definition) is 1. The lowest BCUT2D eigenvalue weighted by molar-refractivity contribution is -0.135. The zero-order valence-corrected chi connectivity index (χ0v) is 22.0. The van der Waals surface area contributed by atoms with Gasteiger partial charge in [-0.3, -0.25) is 24.4 Å². The van der Waals surface area contributed by atoms with Crippen LogP contribution in [-0.2, 0) is 21.4 Å². The number of carbonyl (C=O) groups excluding carboxylic acids is 3. The van der Waals surface area contributed by atoms with Gasteiger partial charge in [0.15, 0.2) is 0 Å². The fourth-order valence-electron chi connectivity index (χ4n) is 7.31. The van der Waals surface area contributed by atoms with Gasteiger partial charge in [0.2, 0.25) is 17.7 Å². The SMILES string of the molecule is Cn1nc(C2CCC(=O)NC2=O)c2ccc(N3CCC(CC(=O)N4CCC5(CCCC5)CC4)CC3)cc21. The van der Waals surface area contributed by atoms with E-state index in [2.05, 4.69) is 38.4 Å². The molecule has 4 aliphatic rings. The molecule has 198 valence electrons. The van der Waals surface area contributed by atoms with Gasteiger partial charge in [-0.2, -0.15) is 5.10 Å². The van der Waals surface area contributed by atoms with E-state index in [0.717, 1.165) is 61.3 Å². The lowest BCUT2D eigenvalue weighted by Crippen LogP contribution is -2.43. The lowest BCUT2D eigenvalue weighted by Gasteiger charge is -2.40. The average molecular weight is 506 g/mol. The first-order valence-corrected chi connectivity index (χ1v) is 14.2. The predicted octanol–water partition coefficient (Wildman–Crippen LogP) is 3.88. The van der Waals surface area contributed by atoms with Crippen LogP contribution in [0.1, 0.15) is 82.2 Å². The highest BCUT2D eigenvalue weighted by Crippen LogP contribution is 2.46. The average Bonchev–Trinajstić information content (AvgIpc) is 3.49. The molecule has 1 saturated carbocycles. The number of likely N-dealkylation sites (tertiary alicyclic amines) is 1. The number of fused-ring (bicyclic) bond motifs is 1. The number of rotatable bonds is 4. The molecule has 1 N–H and O–H groups in total. The molecular formula is C29H39N5O3. The minimum Gasteiger partial charge on any atom is -0.371 e. The highest BCUT2D eigenvalue weighted by molar-refractivity contribution is 6.02.